The van der Waals surface area contributed by atoms with Crippen molar-refractivity contribution < 1.29 is 23.4 Å². The van der Waals surface area contributed by atoms with Crippen LogP contribution >= 0.6 is 23.2 Å². The van der Waals surface area contributed by atoms with E-state index in [0.717, 1.165) is 12.8 Å². The molecule has 0 amide bonds. The van der Waals surface area contributed by atoms with Crippen molar-refractivity contribution in [1.82, 2.24) is 4.98 Å². The standard InChI is InChI=1S/C14H19Cl2FN2O4/c1-3-4-5-21-6-8(2)23-9(20)7-22-14-11(16)12(18)10(15)13(17)19-14/h8H,3-7H2,1-2H3,(H2,18,19)/t8-/m1/s1. The predicted molar refractivity (Wildman–Crippen MR) is 85.4 cm³/mol. The summed E-state index contributed by atoms with van der Waals surface area (Å²) in [4.78, 5) is 15.0. The number of esters is 1. The van der Waals surface area contributed by atoms with Crippen LogP contribution in [0.5, 0.6) is 5.88 Å². The minimum absolute atomic E-state index is 0.167. The van der Waals surface area contributed by atoms with Gasteiger partial charge in [0, 0.05) is 6.61 Å². The number of nitrogens with two attached hydrogens (primary N) is 1. The first-order valence-corrected chi connectivity index (χ1v) is 7.82. The fourth-order valence-electron chi connectivity index (χ4n) is 1.52. The molecule has 0 fully saturated rings. The quantitative estimate of drug-likeness (QED) is 0.409. The fraction of sp³-hybridized carbons (Fsp3) is 0.571. The molecule has 0 radical (unpaired) electrons. The Bertz CT molecular complexity index is 546. The molecule has 0 aromatic carbocycles. The van der Waals surface area contributed by atoms with Crippen molar-refractivity contribution in [3.05, 3.63) is 16.0 Å². The van der Waals surface area contributed by atoms with Crippen LogP contribution in [0.4, 0.5) is 10.1 Å². The van der Waals surface area contributed by atoms with Crippen LogP contribution in [0.25, 0.3) is 0 Å². The summed E-state index contributed by atoms with van der Waals surface area (Å²) in [5, 5.41) is -0.567. The summed E-state index contributed by atoms with van der Waals surface area (Å²) in [7, 11) is 0. The van der Waals surface area contributed by atoms with Gasteiger partial charge in [-0.3, -0.25) is 0 Å². The predicted octanol–water partition coefficient (Wildman–Crippen LogP) is 3.24. The maximum Gasteiger partial charge on any atom is 0.344 e. The molecule has 130 valence electrons. The van der Waals surface area contributed by atoms with Gasteiger partial charge in [0.25, 0.3) is 0 Å². The molecule has 2 N–H and O–H groups in total. The van der Waals surface area contributed by atoms with Crippen molar-refractivity contribution in [3.8, 4) is 5.88 Å². The number of hydrogen-bond acceptors (Lipinski definition) is 6. The summed E-state index contributed by atoms with van der Waals surface area (Å²) < 4.78 is 28.8. The van der Waals surface area contributed by atoms with Gasteiger partial charge in [-0.05, 0) is 13.3 Å². The Labute approximate surface area is 144 Å². The number of pyridine rings is 1. The van der Waals surface area contributed by atoms with Crippen LogP contribution < -0.4 is 10.5 Å². The Kier molecular flexibility index (Phi) is 8.36. The number of unbranched alkanes of at least 4 members (excludes halogenated alkanes) is 1. The molecule has 0 aliphatic rings. The molecule has 9 heteroatoms. The van der Waals surface area contributed by atoms with Gasteiger partial charge < -0.3 is 19.9 Å². The minimum Gasteiger partial charge on any atom is -0.464 e. The summed E-state index contributed by atoms with van der Waals surface area (Å²) in [5.41, 5.74) is 5.29. The SMILES string of the molecule is CCCCOC[C@@H](C)OC(=O)COc1nc(F)c(Cl)c(N)c1Cl. The topological polar surface area (TPSA) is 83.7 Å². The number of hydrogen-bond donors (Lipinski definition) is 1. The molecule has 0 spiro atoms. The average molecular weight is 369 g/mol. The third-order valence-electron chi connectivity index (χ3n) is 2.70. The van der Waals surface area contributed by atoms with Crippen LogP contribution in [-0.2, 0) is 14.3 Å². The van der Waals surface area contributed by atoms with Gasteiger partial charge >= 0.3 is 5.97 Å². The van der Waals surface area contributed by atoms with Crippen LogP contribution in [0.2, 0.25) is 10.0 Å². The van der Waals surface area contributed by atoms with E-state index < -0.39 is 29.7 Å². The molecule has 0 bridgehead atoms. The van der Waals surface area contributed by atoms with Crippen LogP contribution in [-0.4, -0.2) is 36.9 Å². The fourth-order valence-corrected chi connectivity index (χ4v) is 1.90. The van der Waals surface area contributed by atoms with E-state index in [1.54, 1.807) is 6.92 Å². The van der Waals surface area contributed by atoms with Gasteiger partial charge in [0.1, 0.15) is 16.1 Å². The molecule has 6 nitrogen and oxygen atoms in total. The van der Waals surface area contributed by atoms with Gasteiger partial charge in [0.2, 0.25) is 11.8 Å². The van der Waals surface area contributed by atoms with Crippen molar-refractivity contribution >= 4 is 34.9 Å². The van der Waals surface area contributed by atoms with Crippen molar-refractivity contribution in [1.29, 1.82) is 0 Å². The monoisotopic (exact) mass is 368 g/mol. The van der Waals surface area contributed by atoms with Crippen LogP contribution in [0.3, 0.4) is 0 Å². The lowest BCUT2D eigenvalue weighted by Gasteiger charge is -2.14. The molecule has 1 atom stereocenters. The Morgan fingerprint density at radius 1 is 1.39 bits per heavy atom. The van der Waals surface area contributed by atoms with Crippen molar-refractivity contribution in [3.63, 3.8) is 0 Å². The van der Waals surface area contributed by atoms with Gasteiger partial charge in [-0.25, -0.2) is 4.79 Å². The highest BCUT2D eigenvalue weighted by atomic mass is 35.5. The molecular formula is C14H19Cl2FN2O4. The van der Waals surface area contributed by atoms with Gasteiger partial charge in [-0.1, -0.05) is 36.5 Å². The summed E-state index contributed by atoms with van der Waals surface area (Å²) >= 11 is 11.4. The van der Waals surface area contributed by atoms with Crippen LogP contribution in [0.1, 0.15) is 26.7 Å². The largest absolute Gasteiger partial charge is 0.464 e. The molecule has 1 aromatic rings. The first-order chi connectivity index (χ1) is 10.9. The Hall–Kier alpha value is -1.31. The number of ether oxygens (including phenoxy) is 3. The second kappa shape index (κ2) is 9.75. The zero-order valence-corrected chi connectivity index (χ0v) is 14.4. The zero-order chi connectivity index (χ0) is 17.4. The molecule has 23 heavy (non-hydrogen) atoms. The number of anilines is 1. The third-order valence-corrected chi connectivity index (χ3v) is 3.42. The number of halogens is 3. The average Bonchev–Trinajstić information content (AvgIpc) is 2.51. The van der Waals surface area contributed by atoms with Crippen LogP contribution in [0, 0.1) is 5.95 Å². The normalized spacial score (nSPS) is 12.0. The van der Waals surface area contributed by atoms with Gasteiger partial charge in [-0.2, -0.15) is 9.37 Å². The lowest BCUT2D eigenvalue weighted by molar-refractivity contribution is -0.153. The Morgan fingerprint density at radius 2 is 2.09 bits per heavy atom. The summed E-state index contributed by atoms with van der Waals surface area (Å²) in [5.74, 6) is -2.02. The highest BCUT2D eigenvalue weighted by Crippen LogP contribution is 2.35. The number of rotatable bonds is 9. The van der Waals surface area contributed by atoms with E-state index in [4.69, 9.17) is 43.1 Å². The number of nitrogens with zero attached hydrogens (tertiary/aromatic N) is 1. The summed E-state index contributed by atoms with van der Waals surface area (Å²) in [6.07, 6.45) is 1.53. The highest BCUT2D eigenvalue weighted by Gasteiger charge is 2.18. The second-order valence-electron chi connectivity index (χ2n) is 4.77. The highest BCUT2D eigenvalue weighted by molar-refractivity contribution is 6.39. The van der Waals surface area contributed by atoms with E-state index in [2.05, 4.69) is 11.9 Å². The molecule has 1 rings (SSSR count). The van der Waals surface area contributed by atoms with E-state index in [-0.39, 0.29) is 23.2 Å². The molecule has 1 heterocycles. The summed E-state index contributed by atoms with van der Waals surface area (Å²) in [6.45, 7) is 4.14. The third kappa shape index (κ3) is 6.37. The van der Waals surface area contributed by atoms with E-state index in [0.29, 0.717) is 6.61 Å². The maximum absolute atomic E-state index is 13.4. The lowest BCUT2D eigenvalue weighted by Crippen LogP contribution is -2.24. The van der Waals surface area contributed by atoms with E-state index in [1.807, 2.05) is 0 Å². The zero-order valence-electron chi connectivity index (χ0n) is 12.9. The Balaban J connectivity index is 2.45. The smallest absolute Gasteiger partial charge is 0.344 e. The number of nitrogen functional groups attached to an aromatic ring is 1. The Morgan fingerprint density at radius 3 is 2.74 bits per heavy atom. The molecule has 0 aliphatic carbocycles. The van der Waals surface area contributed by atoms with Gasteiger partial charge in [0.05, 0.1) is 12.3 Å². The molecular weight excluding hydrogens is 350 g/mol. The minimum atomic E-state index is -1.03. The van der Waals surface area contributed by atoms with Crippen LogP contribution in [0.15, 0.2) is 0 Å². The number of aromatic nitrogens is 1. The van der Waals surface area contributed by atoms with Crippen molar-refractivity contribution in [2.45, 2.75) is 32.8 Å². The molecule has 1 aromatic heterocycles. The van der Waals surface area contributed by atoms with E-state index in [1.165, 1.54) is 0 Å². The first kappa shape index (κ1) is 19.7. The lowest BCUT2D eigenvalue weighted by atomic mass is 10.3. The second-order valence-corrected chi connectivity index (χ2v) is 5.52. The van der Waals surface area contributed by atoms with Gasteiger partial charge in [-0.15, -0.1) is 0 Å². The number of carbonyl (C=O) groups is 1. The van der Waals surface area contributed by atoms with E-state index >= 15 is 0 Å². The molecule has 0 unspecified atom stereocenters. The summed E-state index contributed by atoms with van der Waals surface area (Å²) in [6, 6.07) is 0. The van der Waals surface area contributed by atoms with Crippen molar-refractivity contribution in [2.24, 2.45) is 0 Å². The van der Waals surface area contributed by atoms with Gasteiger partial charge in [0.15, 0.2) is 6.61 Å². The van der Waals surface area contributed by atoms with E-state index in [9.17, 15) is 9.18 Å². The molecule has 0 aliphatic heterocycles. The first-order valence-electron chi connectivity index (χ1n) is 7.06. The number of carbonyl (C=O) groups excluding carboxylic acids is 1. The molecule has 0 saturated carbocycles. The maximum atomic E-state index is 13.4. The van der Waals surface area contributed by atoms with Crippen molar-refractivity contribution in [2.75, 3.05) is 25.6 Å². The molecule has 0 saturated heterocycles.